The molecule has 0 amide bonds. The third-order valence-corrected chi connectivity index (χ3v) is 3.81. The van der Waals surface area contributed by atoms with Crippen LogP contribution in [0.2, 0.25) is 0 Å². The van der Waals surface area contributed by atoms with Gasteiger partial charge in [0.15, 0.2) is 5.82 Å². The van der Waals surface area contributed by atoms with E-state index < -0.39 is 0 Å². The van der Waals surface area contributed by atoms with Gasteiger partial charge in [0.25, 0.3) is 0 Å². The van der Waals surface area contributed by atoms with Crippen LogP contribution >= 0.6 is 15.9 Å². The number of hydrogen-bond donors (Lipinski definition) is 1. The Morgan fingerprint density at radius 2 is 2.35 bits per heavy atom. The zero-order chi connectivity index (χ0) is 13.9. The highest BCUT2D eigenvalue weighted by atomic mass is 79.9. The first-order chi connectivity index (χ1) is 9.72. The first-order valence-electron chi connectivity index (χ1n) is 6.67. The number of aromatic nitrogens is 2. The molecule has 2 aromatic rings. The van der Waals surface area contributed by atoms with Crippen molar-refractivity contribution in [3.8, 4) is 5.75 Å². The minimum absolute atomic E-state index is 0.243. The first-order valence-corrected chi connectivity index (χ1v) is 7.46. The molecule has 0 saturated heterocycles. The third-order valence-electron chi connectivity index (χ3n) is 3.32. The van der Waals surface area contributed by atoms with Crippen molar-refractivity contribution >= 4 is 15.9 Å². The van der Waals surface area contributed by atoms with Crippen molar-refractivity contribution in [2.24, 2.45) is 0 Å². The lowest BCUT2D eigenvalue weighted by molar-refractivity contribution is 0.314. The van der Waals surface area contributed by atoms with Gasteiger partial charge in [-0.3, -0.25) is 0 Å². The molecule has 6 heteroatoms. The normalized spacial score (nSPS) is 18.2. The fourth-order valence-electron chi connectivity index (χ4n) is 2.38. The molecule has 1 aromatic carbocycles. The van der Waals surface area contributed by atoms with E-state index in [1.54, 1.807) is 0 Å². The quantitative estimate of drug-likeness (QED) is 0.932. The zero-order valence-electron chi connectivity index (χ0n) is 11.2. The maximum atomic E-state index is 5.79. The molecular weight excluding hydrogens is 322 g/mol. The standard InChI is InChI=1S/C14H16BrN3O2/c1-9-17-14(20-18-9)8-16-12-3-2-6-19-13-7-10(15)4-5-11(12)13/h4-5,7,12,16H,2-3,6,8H2,1H3. The van der Waals surface area contributed by atoms with Crippen LogP contribution in [0.4, 0.5) is 0 Å². The lowest BCUT2D eigenvalue weighted by Gasteiger charge is -2.17. The number of ether oxygens (including phenoxy) is 1. The number of hydrogen-bond acceptors (Lipinski definition) is 5. The molecule has 1 aliphatic heterocycles. The number of nitrogens with one attached hydrogen (secondary N) is 1. The van der Waals surface area contributed by atoms with Crippen LogP contribution in [0.3, 0.4) is 0 Å². The monoisotopic (exact) mass is 337 g/mol. The number of halogens is 1. The van der Waals surface area contributed by atoms with Crippen molar-refractivity contribution in [3.05, 3.63) is 40.0 Å². The van der Waals surface area contributed by atoms with Gasteiger partial charge in [0, 0.05) is 16.1 Å². The van der Waals surface area contributed by atoms with Crippen LogP contribution in [0.5, 0.6) is 5.75 Å². The summed E-state index contributed by atoms with van der Waals surface area (Å²) in [6.45, 7) is 3.14. The Hall–Kier alpha value is -1.40. The topological polar surface area (TPSA) is 60.2 Å². The predicted octanol–water partition coefficient (Wildman–Crippen LogP) is 3.14. The Bertz CT molecular complexity index is 600. The van der Waals surface area contributed by atoms with Crippen LogP contribution in [0.15, 0.2) is 27.2 Å². The van der Waals surface area contributed by atoms with Crippen LogP contribution in [-0.2, 0) is 6.54 Å². The molecule has 1 aromatic heterocycles. The van der Waals surface area contributed by atoms with E-state index in [0.29, 0.717) is 18.3 Å². The van der Waals surface area contributed by atoms with Gasteiger partial charge in [0.2, 0.25) is 5.89 Å². The SMILES string of the molecule is Cc1noc(CNC2CCCOc3cc(Br)ccc32)n1. The third kappa shape index (κ3) is 3.02. The highest BCUT2D eigenvalue weighted by molar-refractivity contribution is 9.10. The predicted molar refractivity (Wildman–Crippen MR) is 77.5 cm³/mol. The Morgan fingerprint density at radius 3 is 3.15 bits per heavy atom. The van der Waals surface area contributed by atoms with Crippen molar-refractivity contribution in [2.75, 3.05) is 6.61 Å². The molecule has 1 atom stereocenters. The molecule has 0 aliphatic carbocycles. The Balaban J connectivity index is 1.76. The second-order valence-electron chi connectivity index (χ2n) is 4.84. The fraction of sp³-hybridized carbons (Fsp3) is 0.429. The molecule has 5 nitrogen and oxygen atoms in total. The van der Waals surface area contributed by atoms with Crippen LogP contribution in [0, 0.1) is 6.92 Å². The van der Waals surface area contributed by atoms with Gasteiger partial charge in [-0.25, -0.2) is 0 Å². The fourth-order valence-corrected chi connectivity index (χ4v) is 2.72. The Kier molecular flexibility index (Phi) is 4.03. The summed E-state index contributed by atoms with van der Waals surface area (Å²) >= 11 is 3.48. The van der Waals surface area contributed by atoms with Crippen LogP contribution < -0.4 is 10.1 Å². The number of aryl methyl sites for hydroxylation is 1. The molecule has 0 radical (unpaired) electrons. The van der Waals surface area contributed by atoms with Crippen molar-refractivity contribution in [1.82, 2.24) is 15.5 Å². The lowest BCUT2D eigenvalue weighted by Crippen LogP contribution is -2.20. The number of benzene rings is 1. The molecule has 0 saturated carbocycles. The summed E-state index contributed by atoms with van der Waals surface area (Å²) in [6, 6.07) is 6.40. The van der Waals surface area contributed by atoms with E-state index in [4.69, 9.17) is 9.26 Å². The number of nitrogens with zero attached hydrogens (tertiary/aromatic N) is 2. The Labute approximate surface area is 125 Å². The van der Waals surface area contributed by atoms with E-state index in [2.05, 4.69) is 37.5 Å². The van der Waals surface area contributed by atoms with Crippen LogP contribution in [0.1, 0.15) is 36.2 Å². The van der Waals surface area contributed by atoms with E-state index in [1.807, 2.05) is 19.1 Å². The highest BCUT2D eigenvalue weighted by Gasteiger charge is 2.20. The second-order valence-corrected chi connectivity index (χ2v) is 5.76. The van der Waals surface area contributed by atoms with Crippen molar-refractivity contribution in [1.29, 1.82) is 0 Å². The summed E-state index contributed by atoms with van der Waals surface area (Å²) in [6.07, 6.45) is 2.05. The van der Waals surface area contributed by atoms with Gasteiger partial charge >= 0.3 is 0 Å². The summed E-state index contributed by atoms with van der Waals surface area (Å²) in [4.78, 5) is 4.21. The van der Waals surface area contributed by atoms with Crippen molar-refractivity contribution < 1.29 is 9.26 Å². The lowest BCUT2D eigenvalue weighted by atomic mass is 10.0. The molecule has 0 fully saturated rings. The molecule has 0 spiro atoms. The first kappa shape index (κ1) is 13.6. The average molecular weight is 338 g/mol. The van der Waals surface area contributed by atoms with Gasteiger partial charge in [-0.15, -0.1) is 0 Å². The smallest absolute Gasteiger partial charge is 0.240 e. The number of fused-ring (bicyclic) bond motifs is 1. The van der Waals surface area contributed by atoms with Gasteiger partial charge in [0.05, 0.1) is 13.2 Å². The van der Waals surface area contributed by atoms with E-state index in [-0.39, 0.29) is 6.04 Å². The van der Waals surface area contributed by atoms with E-state index >= 15 is 0 Å². The Morgan fingerprint density at radius 1 is 1.45 bits per heavy atom. The van der Waals surface area contributed by atoms with Gasteiger partial charge in [-0.1, -0.05) is 27.2 Å². The van der Waals surface area contributed by atoms with Crippen LogP contribution in [-0.4, -0.2) is 16.7 Å². The van der Waals surface area contributed by atoms with E-state index in [1.165, 1.54) is 5.56 Å². The molecule has 2 heterocycles. The second kappa shape index (κ2) is 5.93. The minimum Gasteiger partial charge on any atom is -0.493 e. The van der Waals surface area contributed by atoms with E-state index in [0.717, 1.165) is 29.7 Å². The van der Waals surface area contributed by atoms with Crippen molar-refractivity contribution in [2.45, 2.75) is 32.4 Å². The van der Waals surface area contributed by atoms with E-state index in [9.17, 15) is 0 Å². The highest BCUT2D eigenvalue weighted by Crippen LogP contribution is 2.33. The van der Waals surface area contributed by atoms with Gasteiger partial charge < -0.3 is 14.6 Å². The minimum atomic E-state index is 0.243. The molecule has 20 heavy (non-hydrogen) atoms. The summed E-state index contributed by atoms with van der Waals surface area (Å²) in [7, 11) is 0. The number of rotatable bonds is 3. The molecular formula is C14H16BrN3O2. The molecule has 1 unspecified atom stereocenters. The average Bonchev–Trinajstić information content (AvgIpc) is 2.74. The van der Waals surface area contributed by atoms with Gasteiger partial charge in [-0.05, 0) is 31.9 Å². The maximum absolute atomic E-state index is 5.79. The summed E-state index contributed by atoms with van der Waals surface area (Å²) in [5.41, 5.74) is 1.18. The summed E-state index contributed by atoms with van der Waals surface area (Å²) in [5.74, 6) is 2.22. The van der Waals surface area contributed by atoms with Gasteiger partial charge in [-0.2, -0.15) is 4.98 Å². The molecule has 106 valence electrons. The maximum Gasteiger partial charge on any atom is 0.240 e. The summed E-state index contributed by atoms with van der Waals surface area (Å²) < 4.78 is 12.0. The van der Waals surface area contributed by atoms with Crippen LogP contribution in [0.25, 0.3) is 0 Å². The van der Waals surface area contributed by atoms with Crippen molar-refractivity contribution in [3.63, 3.8) is 0 Å². The summed E-state index contributed by atoms with van der Waals surface area (Å²) in [5, 5.41) is 7.27. The molecule has 3 rings (SSSR count). The molecule has 1 N–H and O–H groups in total. The molecule has 1 aliphatic rings. The zero-order valence-corrected chi connectivity index (χ0v) is 12.8. The van der Waals surface area contributed by atoms with Gasteiger partial charge in [0.1, 0.15) is 5.75 Å². The molecule has 0 bridgehead atoms. The largest absolute Gasteiger partial charge is 0.493 e.